The van der Waals surface area contributed by atoms with Crippen LogP contribution in [0.4, 0.5) is 0 Å². The minimum atomic E-state index is -1.68. The summed E-state index contributed by atoms with van der Waals surface area (Å²) in [5, 5.41) is 75.6. The van der Waals surface area contributed by atoms with Crippen LogP contribution in [-0.2, 0) is 14.3 Å². The molecule has 0 aromatic rings. The lowest BCUT2D eigenvalue weighted by Crippen LogP contribution is -2.60. The summed E-state index contributed by atoms with van der Waals surface area (Å²) < 4.78 is 11.1. The molecule has 62 heavy (non-hydrogen) atoms. The van der Waals surface area contributed by atoms with Gasteiger partial charge in [0.25, 0.3) is 0 Å². The van der Waals surface area contributed by atoms with Crippen molar-refractivity contribution >= 4 is 5.91 Å². The van der Waals surface area contributed by atoms with Crippen molar-refractivity contribution in [2.24, 2.45) is 0 Å². The molecule has 11 heteroatoms. The normalized spacial score (nSPS) is 21.7. The third-order valence-electron chi connectivity index (χ3n) is 11.8. The van der Waals surface area contributed by atoms with E-state index in [0.29, 0.717) is 19.3 Å². The van der Waals surface area contributed by atoms with Crippen molar-refractivity contribution in [1.29, 1.82) is 0 Å². The van der Waals surface area contributed by atoms with Gasteiger partial charge in [0.2, 0.25) is 5.91 Å². The molecular formula is C51H93NO10. The summed E-state index contributed by atoms with van der Waals surface area (Å²) in [6, 6.07) is -1.20. The van der Waals surface area contributed by atoms with Crippen LogP contribution in [0.3, 0.4) is 0 Å². The van der Waals surface area contributed by atoms with Gasteiger partial charge in [-0.25, -0.2) is 0 Å². The van der Waals surface area contributed by atoms with Gasteiger partial charge in [-0.1, -0.05) is 159 Å². The SMILES string of the molecule is CCCCCCCC/C=C\CCCCC(O)C(=O)NC(COC1OC(CO)C(O)C(O)C1O)C(O)C(O)CCC/C=C/CC/C=C/CC/C=C/CCCCCCCCCCCC. The summed E-state index contributed by atoms with van der Waals surface area (Å²) in [6.45, 7) is 3.39. The molecule has 0 aromatic carbocycles. The number of carbonyl (C=O) groups excluding carboxylic acids is 1. The summed E-state index contributed by atoms with van der Waals surface area (Å²) in [5.74, 6) is -0.731. The first-order valence-corrected chi connectivity index (χ1v) is 25.0. The summed E-state index contributed by atoms with van der Waals surface area (Å²) in [4.78, 5) is 13.1. The topological polar surface area (TPSA) is 189 Å². The molecule has 0 radical (unpaired) electrons. The van der Waals surface area contributed by atoms with E-state index in [9.17, 15) is 40.5 Å². The van der Waals surface area contributed by atoms with Gasteiger partial charge in [-0.05, 0) is 89.9 Å². The van der Waals surface area contributed by atoms with E-state index in [4.69, 9.17) is 9.47 Å². The van der Waals surface area contributed by atoms with Gasteiger partial charge in [0.1, 0.15) is 36.6 Å². The van der Waals surface area contributed by atoms with Gasteiger partial charge >= 0.3 is 0 Å². The van der Waals surface area contributed by atoms with Crippen molar-refractivity contribution in [3.05, 3.63) is 48.6 Å². The summed E-state index contributed by atoms with van der Waals surface area (Å²) in [7, 11) is 0. The average molecular weight is 880 g/mol. The van der Waals surface area contributed by atoms with Crippen LogP contribution in [0, 0.1) is 0 Å². The molecule has 1 heterocycles. The Morgan fingerprint density at radius 1 is 0.548 bits per heavy atom. The lowest BCUT2D eigenvalue weighted by Gasteiger charge is -2.40. The van der Waals surface area contributed by atoms with Crippen LogP contribution in [0.2, 0.25) is 0 Å². The highest BCUT2D eigenvalue weighted by Gasteiger charge is 2.44. The van der Waals surface area contributed by atoms with Crippen molar-refractivity contribution in [1.82, 2.24) is 5.32 Å². The molecule has 8 N–H and O–H groups in total. The molecule has 1 aliphatic rings. The first-order chi connectivity index (χ1) is 30.2. The smallest absolute Gasteiger partial charge is 0.249 e. The molecular weight excluding hydrogens is 787 g/mol. The monoisotopic (exact) mass is 880 g/mol. The van der Waals surface area contributed by atoms with Crippen LogP contribution in [0.25, 0.3) is 0 Å². The number of amides is 1. The van der Waals surface area contributed by atoms with Gasteiger partial charge in [-0.3, -0.25) is 4.79 Å². The Balaban J connectivity index is 2.44. The van der Waals surface area contributed by atoms with Crippen molar-refractivity contribution < 1.29 is 50.0 Å². The molecule has 9 atom stereocenters. The lowest BCUT2D eigenvalue weighted by atomic mass is 9.98. The molecule has 1 fully saturated rings. The van der Waals surface area contributed by atoms with E-state index in [1.807, 2.05) is 0 Å². The molecule has 362 valence electrons. The second-order valence-corrected chi connectivity index (χ2v) is 17.5. The van der Waals surface area contributed by atoms with E-state index >= 15 is 0 Å². The highest BCUT2D eigenvalue weighted by molar-refractivity contribution is 5.80. The third kappa shape index (κ3) is 29.5. The fourth-order valence-electron chi connectivity index (χ4n) is 7.64. The zero-order chi connectivity index (χ0) is 45.5. The molecule has 0 bridgehead atoms. The van der Waals surface area contributed by atoms with E-state index in [1.54, 1.807) is 0 Å². The van der Waals surface area contributed by atoms with Gasteiger partial charge in [-0.15, -0.1) is 0 Å². The summed E-state index contributed by atoms with van der Waals surface area (Å²) in [5.41, 5.74) is 0. The predicted octanol–water partition coefficient (Wildman–Crippen LogP) is 8.95. The molecule has 0 saturated carbocycles. The Hall–Kier alpha value is -1.93. The van der Waals surface area contributed by atoms with Gasteiger partial charge in [0.05, 0.1) is 25.4 Å². The van der Waals surface area contributed by atoms with Crippen LogP contribution in [0.1, 0.15) is 200 Å². The predicted molar refractivity (Wildman–Crippen MR) is 251 cm³/mol. The van der Waals surface area contributed by atoms with Crippen LogP contribution < -0.4 is 5.32 Å². The fraction of sp³-hybridized carbons (Fsp3) is 0.824. The first-order valence-electron chi connectivity index (χ1n) is 25.0. The highest BCUT2D eigenvalue weighted by atomic mass is 16.7. The van der Waals surface area contributed by atoms with Crippen molar-refractivity contribution in [3.63, 3.8) is 0 Å². The molecule has 1 rings (SSSR count). The van der Waals surface area contributed by atoms with Gasteiger partial charge < -0.3 is 50.5 Å². The lowest BCUT2D eigenvalue weighted by molar-refractivity contribution is -0.303. The Labute approximate surface area is 377 Å². The van der Waals surface area contributed by atoms with Crippen LogP contribution >= 0.6 is 0 Å². The number of allylic oxidation sites excluding steroid dienone is 8. The second-order valence-electron chi connectivity index (χ2n) is 17.5. The number of nitrogens with one attached hydrogen (secondary N) is 1. The van der Waals surface area contributed by atoms with E-state index in [2.05, 4.69) is 67.8 Å². The molecule has 0 aliphatic carbocycles. The number of unbranched alkanes of at least 4 members (excludes halogenated alkanes) is 21. The minimum Gasteiger partial charge on any atom is -0.394 e. The quantitative estimate of drug-likeness (QED) is 0.0218. The molecule has 1 amide bonds. The second kappa shape index (κ2) is 40.6. The van der Waals surface area contributed by atoms with E-state index in [1.165, 1.54) is 109 Å². The molecule has 0 spiro atoms. The van der Waals surface area contributed by atoms with Crippen molar-refractivity contribution in [2.45, 2.75) is 255 Å². The Bertz CT molecular complexity index is 1150. The highest BCUT2D eigenvalue weighted by Crippen LogP contribution is 2.23. The van der Waals surface area contributed by atoms with E-state index in [0.717, 1.165) is 44.9 Å². The molecule has 1 aliphatic heterocycles. The number of hydrogen-bond acceptors (Lipinski definition) is 10. The van der Waals surface area contributed by atoms with Crippen LogP contribution in [-0.4, -0.2) is 110 Å². The molecule has 0 aromatic heterocycles. The maximum absolute atomic E-state index is 13.1. The number of carbonyl (C=O) groups is 1. The third-order valence-corrected chi connectivity index (χ3v) is 11.8. The molecule has 11 nitrogen and oxygen atoms in total. The van der Waals surface area contributed by atoms with Gasteiger partial charge in [-0.2, -0.15) is 0 Å². The number of rotatable bonds is 41. The average Bonchev–Trinajstić information content (AvgIpc) is 3.27. The minimum absolute atomic E-state index is 0.217. The maximum atomic E-state index is 13.1. The standard InChI is InChI=1S/C51H93NO10/c1-3-5-7-9-11-13-15-17-18-19-20-21-22-23-24-25-26-27-29-30-32-34-36-38-43(54)46(56)42(41-61-51-49(59)48(58)47(57)45(40-53)62-51)52-50(60)44(55)39-37-35-33-31-28-16-14-12-10-8-6-4-2/h21-22,25-26,28,30-32,42-49,51,53-59H,3-20,23-24,27,29,33-41H2,1-2H3,(H,52,60)/b22-21+,26-25+,31-28-,32-30+. The number of aliphatic hydroxyl groups is 7. The van der Waals surface area contributed by atoms with E-state index < -0.39 is 74.2 Å². The largest absolute Gasteiger partial charge is 0.394 e. The fourth-order valence-corrected chi connectivity index (χ4v) is 7.64. The Kier molecular flexibility index (Phi) is 38.0. The number of hydrogen-bond donors (Lipinski definition) is 8. The number of aliphatic hydroxyl groups excluding tert-OH is 7. The maximum Gasteiger partial charge on any atom is 0.249 e. The Morgan fingerprint density at radius 2 is 0.968 bits per heavy atom. The van der Waals surface area contributed by atoms with Crippen molar-refractivity contribution in [2.75, 3.05) is 13.2 Å². The summed E-state index contributed by atoms with van der Waals surface area (Å²) >= 11 is 0. The first kappa shape index (κ1) is 58.1. The van der Waals surface area contributed by atoms with Crippen LogP contribution in [0.5, 0.6) is 0 Å². The molecule has 9 unspecified atom stereocenters. The van der Waals surface area contributed by atoms with E-state index in [-0.39, 0.29) is 12.8 Å². The Morgan fingerprint density at radius 3 is 1.44 bits per heavy atom. The zero-order valence-electron chi connectivity index (χ0n) is 39.1. The molecule has 1 saturated heterocycles. The van der Waals surface area contributed by atoms with Crippen molar-refractivity contribution in [3.8, 4) is 0 Å². The van der Waals surface area contributed by atoms with Gasteiger partial charge in [0, 0.05) is 0 Å². The summed E-state index contributed by atoms with van der Waals surface area (Å²) in [6.07, 6.45) is 37.4. The number of ether oxygens (including phenoxy) is 2. The van der Waals surface area contributed by atoms with Crippen LogP contribution in [0.15, 0.2) is 48.6 Å². The zero-order valence-corrected chi connectivity index (χ0v) is 39.1. The van der Waals surface area contributed by atoms with Gasteiger partial charge in [0.15, 0.2) is 6.29 Å².